The molecule has 1 aliphatic carbocycles. The van der Waals surface area contributed by atoms with E-state index in [1.807, 2.05) is 0 Å². The number of alkyl halides is 5. The van der Waals surface area contributed by atoms with Gasteiger partial charge in [-0.05, 0) is 50.4 Å². The standard InChI is InChI=1S/C27H29F5N4O4/c1-38-21-10-16(11-22(40-26(28)29)24(21)25(37)34-17-5-6-17)20-13-33-23-12-19(7-9-36(20)23)39-14-18-4-2-3-8-35(18)15-27(30,31)32/h7,9-13,17-18,26H,2-6,8,14-15H2,1H3,(H,34,37). The lowest BCUT2D eigenvalue weighted by molar-refractivity contribution is -0.154. The first kappa shape index (κ1) is 27.9. The van der Waals surface area contributed by atoms with Crippen LogP contribution in [0.1, 0.15) is 42.5 Å². The van der Waals surface area contributed by atoms with Crippen LogP contribution >= 0.6 is 0 Å². The van der Waals surface area contributed by atoms with Crippen molar-refractivity contribution in [2.45, 2.75) is 57.0 Å². The molecule has 0 radical (unpaired) electrons. The number of imidazole rings is 1. The number of ether oxygens (including phenoxy) is 3. The van der Waals surface area contributed by atoms with E-state index >= 15 is 0 Å². The van der Waals surface area contributed by atoms with Gasteiger partial charge in [-0.25, -0.2) is 4.98 Å². The van der Waals surface area contributed by atoms with Crippen molar-refractivity contribution < 1.29 is 41.0 Å². The third kappa shape index (κ3) is 6.57. The van der Waals surface area contributed by atoms with E-state index in [2.05, 4.69) is 10.3 Å². The number of hydrogen-bond acceptors (Lipinski definition) is 6. The summed E-state index contributed by atoms with van der Waals surface area (Å²) in [5.41, 5.74) is 1.28. The largest absolute Gasteiger partial charge is 0.496 e. The lowest BCUT2D eigenvalue weighted by Crippen LogP contribution is -2.47. The van der Waals surface area contributed by atoms with Crippen LogP contribution in [0, 0.1) is 0 Å². The smallest absolute Gasteiger partial charge is 0.401 e. The number of pyridine rings is 1. The van der Waals surface area contributed by atoms with Crippen LogP contribution in [0.25, 0.3) is 16.9 Å². The molecule has 1 N–H and O–H groups in total. The van der Waals surface area contributed by atoms with Crippen molar-refractivity contribution in [3.8, 4) is 28.5 Å². The Balaban J connectivity index is 1.38. The monoisotopic (exact) mass is 568 g/mol. The van der Waals surface area contributed by atoms with E-state index in [-0.39, 0.29) is 35.8 Å². The fourth-order valence-electron chi connectivity index (χ4n) is 4.94. The maximum absolute atomic E-state index is 13.3. The zero-order valence-corrected chi connectivity index (χ0v) is 21.7. The number of likely N-dealkylation sites (tertiary alicyclic amines) is 1. The van der Waals surface area contributed by atoms with E-state index in [9.17, 15) is 26.7 Å². The minimum absolute atomic E-state index is 0.00250. The molecule has 1 saturated carbocycles. The molecule has 1 atom stereocenters. The van der Waals surface area contributed by atoms with Crippen LogP contribution in [0.5, 0.6) is 17.2 Å². The lowest BCUT2D eigenvalue weighted by Gasteiger charge is -2.35. The molecule has 40 heavy (non-hydrogen) atoms. The molecule has 216 valence electrons. The summed E-state index contributed by atoms with van der Waals surface area (Å²) >= 11 is 0. The molecule has 1 unspecified atom stereocenters. The van der Waals surface area contributed by atoms with E-state index in [1.54, 1.807) is 28.8 Å². The molecule has 1 aromatic carbocycles. The zero-order chi connectivity index (χ0) is 28.4. The number of hydrogen-bond donors (Lipinski definition) is 1. The summed E-state index contributed by atoms with van der Waals surface area (Å²) in [6, 6.07) is 5.83. The molecule has 3 aromatic rings. The molecule has 3 heterocycles. The number of amides is 1. The zero-order valence-electron chi connectivity index (χ0n) is 21.7. The second kappa shape index (κ2) is 11.5. The first-order chi connectivity index (χ1) is 19.1. The van der Waals surface area contributed by atoms with Gasteiger partial charge in [0, 0.05) is 29.9 Å². The summed E-state index contributed by atoms with van der Waals surface area (Å²) in [6.07, 6.45) is 2.72. The first-order valence-corrected chi connectivity index (χ1v) is 13.0. The molecule has 13 heteroatoms. The lowest BCUT2D eigenvalue weighted by atomic mass is 10.0. The molecule has 2 fully saturated rings. The number of benzene rings is 1. The van der Waals surface area contributed by atoms with Crippen LogP contribution in [0.15, 0.2) is 36.7 Å². The van der Waals surface area contributed by atoms with Gasteiger partial charge in [0.2, 0.25) is 0 Å². The highest BCUT2D eigenvalue weighted by atomic mass is 19.4. The predicted octanol–water partition coefficient (Wildman–Crippen LogP) is 5.30. The van der Waals surface area contributed by atoms with Crippen molar-refractivity contribution in [3.63, 3.8) is 0 Å². The van der Waals surface area contributed by atoms with Crippen LogP contribution in [-0.2, 0) is 0 Å². The van der Waals surface area contributed by atoms with Gasteiger partial charge in [-0.15, -0.1) is 0 Å². The average Bonchev–Trinajstić information content (AvgIpc) is 3.61. The van der Waals surface area contributed by atoms with Crippen molar-refractivity contribution >= 4 is 11.6 Å². The quantitative estimate of drug-likeness (QED) is 0.335. The van der Waals surface area contributed by atoms with Gasteiger partial charge in [0.05, 0.1) is 25.5 Å². The first-order valence-electron chi connectivity index (χ1n) is 13.0. The Morgan fingerprint density at radius 2 is 1.93 bits per heavy atom. The van der Waals surface area contributed by atoms with Crippen LogP contribution < -0.4 is 19.5 Å². The number of methoxy groups -OCH3 is 1. The van der Waals surface area contributed by atoms with E-state index in [0.29, 0.717) is 35.6 Å². The van der Waals surface area contributed by atoms with Crippen molar-refractivity contribution in [3.05, 3.63) is 42.2 Å². The molecule has 1 aliphatic heterocycles. The topological polar surface area (TPSA) is 77.3 Å². The van der Waals surface area contributed by atoms with Crippen molar-refractivity contribution in [1.82, 2.24) is 19.6 Å². The second-order valence-corrected chi connectivity index (χ2v) is 9.96. The Kier molecular flexibility index (Phi) is 8.02. The van der Waals surface area contributed by atoms with Crippen LogP contribution in [-0.4, -0.2) is 71.9 Å². The van der Waals surface area contributed by atoms with Gasteiger partial charge in [-0.3, -0.25) is 14.1 Å². The summed E-state index contributed by atoms with van der Waals surface area (Å²) in [6.45, 7) is -3.65. The van der Waals surface area contributed by atoms with Gasteiger partial charge in [0.25, 0.3) is 5.91 Å². The maximum atomic E-state index is 13.3. The number of aromatic nitrogens is 2. The van der Waals surface area contributed by atoms with Crippen molar-refractivity contribution in [2.24, 2.45) is 0 Å². The molecule has 2 aliphatic rings. The Labute approximate surface area is 227 Å². The Morgan fingerprint density at radius 3 is 2.62 bits per heavy atom. The third-order valence-corrected chi connectivity index (χ3v) is 7.00. The second-order valence-electron chi connectivity index (χ2n) is 9.96. The summed E-state index contributed by atoms with van der Waals surface area (Å²) < 4.78 is 83.1. The molecular weight excluding hydrogens is 539 g/mol. The molecule has 1 saturated heterocycles. The molecule has 5 rings (SSSR count). The number of carbonyl (C=O) groups excluding carboxylic acids is 1. The fraction of sp³-hybridized carbons (Fsp3) is 0.481. The minimum atomic E-state index is -4.27. The highest BCUT2D eigenvalue weighted by Crippen LogP contribution is 2.37. The number of fused-ring (bicyclic) bond motifs is 1. The number of piperidine rings is 1. The number of halogens is 5. The van der Waals surface area contributed by atoms with Crippen LogP contribution in [0.4, 0.5) is 22.0 Å². The normalized spacial score (nSPS) is 18.2. The van der Waals surface area contributed by atoms with E-state index in [1.165, 1.54) is 24.3 Å². The molecule has 8 nitrogen and oxygen atoms in total. The highest BCUT2D eigenvalue weighted by Gasteiger charge is 2.35. The third-order valence-electron chi connectivity index (χ3n) is 7.00. The van der Waals surface area contributed by atoms with Crippen LogP contribution in [0.2, 0.25) is 0 Å². The van der Waals surface area contributed by atoms with E-state index in [4.69, 9.17) is 14.2 Å². The highest BCUT2D eigenvalue weighted by molar-refractivity contribution is 6.01. The maximum Gasteiger partial charge on any atom is 0.401 e. The summed E-state index contributed by atoms with van der Waals surface area (Å²) in [7, 11) is 1.33. The summed E-state index contributed by atoms with van der Waals surface area (Å²) in [4.78, 5) is 18.6. The van der Waals surface area contributed by atoms with Gasteiger partial charge in [-0.2, -0.15) is 22.0 Å². The summed E-state index contributed by atoms with van der Waals surface area (Å²) in [5, 5.41) is 2.76. The van der Waals surface area contributed by atoms with Gasteiger partial charge >= 0.3 is 12.8 Å². The van der Waals surface area contributed by atoms with Crippen molar-refractivity contribution in [1.29, 1.82) is 0 Å². The van der Waals surface area contributed by atoms with E-state index in [0.717, 1.165) is 25.7 Å². The van der Waals surface area contributed by atoms with E-state index < -0.39 is 25.2 Å². The van der Waals surface area contributed by atoms with Crippen molar-refractivity contribution in [2.75, 3.05) is 26.8 Å². The number of nitrogens with zero attached hydrogens (tertiary/aromatic N) is 3. The SMILES string of the molecule is COc1cc(-c2cnc3cc(OCC4CCCCN4CC(F)(F)F)ccn23)cc(OC(F)F)c1C(=O)NC1CC1. The minimum Gasteiger partial charge on any atom is -0.496 e. The molecule has 1 amide bonds. The molecule has 0 spiro atoms. The number of rotatable bonds is 10. The Hall–Kier alpha value is -3.61. The van der Waals surface area contributed by atoms with Gasteiger partial charge in [0.15, 0.2) is 0 Å². The number of nitrogens with one attached hydrogen (secondary N) is 1. The Bertz CT molecular complexity index is 1360. The Morgan fingerprint density at radius 1 is 1.15 bits per heavy atom. The van der Waals surface area contributed by atoms with Gasteiger partial charge < -0.3 is 19.5 Å². The van der Waals surface area contributed by atoms with Crippen LogP contribution in [0.3, 0.4) is 0 Å². The van der Waals surface area contributed by atoms with Gasteiger partial charge in [-0.1, -0.05) is 6.42 Å². The predicted molar refractivity (Wildman–Crippen MR) is 135 cm³/mol. The molecule has 0 bridgehead atoms. The summed E-state index contributed by atoms with van der Waals surface area (Å²) in [5.74, 6) is -0.382. The molecule has 2 aromatic heterocycles. The molecular formula is C27H29F5N4O4. The fourth-order valence-corrected chi connectivity index (χ4v) is 4.94. The average molecular weight is 569 g/mol. The van der Waals surface area contributed by atoms with Gasteiger partial charge in [0.1, 0.15) is 35.1 Å². The number of carbonyl (C=O) groups is 1.